The van der Waals surface area contributed by atoms with Gasteiger partial charge in [0.1, 0.15) is 0 Å². The first-order chi connectivity index (χ1) is 8.16. The highest BCUT2D eigenvalue weighted by Gasteiger charge is 2.18. The number of hydroxylamine groups is 2. The second-order valence-electron chi connectivity index (χ2n) is 3.70. The quantitative estimate of drug-likeness (QED) is 0.851. The van der Waals surface area contributed by atoms with E-state index in [2.05, 4.69) is 5.32 Å². The van der Waals surface area contributed by atoms with Crippen LogP contribution in [0.3, 0.4) is 0 Å². The van der Waals surface area contributed by atoms with Gasteiger partial charge in [-0.05, 0) is 31.0 Å². The summed E-state index contributed by atoms with van der Waals surface area (Å²) in [5, 5.41) is 4.93. The first-order valence-corrected chi connectivity index (χ1v) is 6.09. The highest BCUT2D eigenvalue weighted by atomic mass is 35.5. The zero-order chi connectivity index (χ0) is 12.3. The maximum Gasteiger partial charge on any atom is 0.345 e. The second-order valence-corrected chi connectivity index (χ2v) is 4.54. The van der Waals surface area contributed by atoms with Crippen LogP contribution in [0.1, 0.15) is 12.8 Å². The normalized spacial score (nSPS) is 15.8. The Balaban J connectivity index is 2.04. The van der Waals surface area contributed by atoms with Gasteiger partial charge in [0.15, 0.2) is 0 Å². The van der Waals surface area contributed by atoms with Crippen molar-refractivity contribution in [3.05, 3.63) is 28.2 Å². The Morgan fingerprint density at radius 2 is 2.18 bits per heavy atom. The van der Waals surface area contributed by atoms with Crippen molar-refractivity contribution in [2.24, 2.45) is 0 Å². The molecule has 1 aliphatic rings. The fourth-order valence-corrected chi connectivity index (χ4v) is 1.86. The van der Waals surface area contributed by atoms with Gasteiger partial charge in [-0.25, -0.2) is 9.86 Å². The molecule has 2 rings (SSSR count). The molecule has 92 valence electrons. The van der Waals surface area contributed by atoms with Crippen LogP contribution >= 0.6 is 23.2 Å². The van der Waals surface area contributed by atoms with E-state index in [1.807, 2.05) is 0 Å². The predicted molar refractivity (Wildman–Crippen MR) is 67.4 cm³/mol. The van der Waals surface area contributed by atoms with E-state index in [9.17, 15) is 4.79 Å². The van der Waals surface area contributed by atoms with Crippen LogP contribution < -0.4 is 5.32 Å². The van der Waals surface area contributed by atoms with Gasteiger partial charge in [-0.1, -0.05) is 23.2 Å². The molecule has 4 nitrogen and oxygen atoms in total. The minimum absolute atomic E-state index is 0.325. The summed E-state index contributed by atoms with van der Waals surface area (Å²) in [6.45, 7) is 1.15. The van der Waals surface area contributed by atoms with Crippen molar-refractivity contribution in [2.45, 2.75) is 12.8 Å². The molecular formula is C11H12Cl2N2O2. The topological polar surface area (TPSA) is 41.6 Å². The van der Waals surface area contributed by atoms with Gasteiger partial charge in [0, 0.05) is 5.02 Å². The molecule has 0 radical (unpaired) electrons. The number of anilines is 1. The Kier molecular flexibility index (Phi) is 4.10. The lowest BCUT2D eigenvalue weighted by Gasteiger charge is -2.26. The number of nitrogens with zero attached hydrogens (tertiary/aromatic N) is 1. The molecule has 0 unspecified atom stereocenters. The molecule has 0 aliphatic carbocycles. The Bertz CT molecular complexity index is 420. The predicted octanol–water partition coefficient (Wildman–Crippen LogP) is 3.55. The summed E-state index contributed by atoms with van der Waals surface area (Å²) in [5.41, 5.74) is 0.485. The van der Waals surface area contributed by atoms with Crippen molar-refractivity contribution in [1.82, 2.24) is 5.06 Å². The largest absolute Gasteiger partial charge is 0.345 e. The molecule has 1 heterocycles. The highest BCUT2D eigenvalue weighted by molar-refractivity contribution is 6.35. The standard InChI is InChI=1S/C11H12Cl2N2O2/c12-8-3-4-9(13)10(7-8)14-11(16)15-5-1-2-6-17-15/h3-4,7H,1-2,5-6H2,(H,14,16). The van der Waals surface area contributed by atoms with Crippen LogP contribution in [0.4, 0.5) is 10.5 Å². The molecule has 1 fully saturated rings. The van der Waals surface area contributed by atoms with E-state index < -0.39 is 0 Å². The zero-order valence-electron chi connectivity index (χ0n) is 9.08. The number of hydrogen-bond acceptors (Lipinski definition) is 2. The zero-order valence-corrected chi connectivity index (χ0v) is 10.6. The highest BCUT2D eigenvalue weighted by Crippen LogP contribution is 2.25. The molecule has 0 aromatic heterocycles. The van der Waals surface area contributed by atoms with Gasteiger partial charge in [0.25, 0.3) is 0 Å². The third-order valence-corrected chi connectivity index (χ3v) is 2.96. The third-order valence-electron chi connectivity index (χ3n) is 2.40. The molecule has 0 saturated carbocycles. The lowest BCUT2D eigenvalue weighted by Crippen LogP contribution is -2.38. The van der Waals surface area contributed by atoms with Crippen LogP contribution in [-0.4, -0.2) is 24.2 Å². The van der Waals surface area contributed by atoms with Crippen LogP contribution in [0.15, 0.2) is 18.2 Å². The Labute approximate surface area is 109 Å². The summed E-state index contributed by atoms with van der Waals surface area (Å²) in [5.74, 6) is 0. The first kappa shape index (κ1) is 12.5. The molecular weight excluding hydrogens is 263 g/mol. The number of urea groups is 1. The number of benzene rings is 1. The van der Waals surface area contributed by atoms with Gasteiger partial charge in [0.2, 0.25) is 0 Å². The van der Waals surface area contributed by atoms with Crippen molar-refractivity contribution in [2.75, 3.05) is 18.5 Å². The molecule has 1 saturated heterocycles. The van der Waals surface area contributed by atoms with Crippen LogP contribution in [0.25, 0.3) is 0 Å². The van der Waals surface area contributed by atoms with Crippen LogP contribution in [-0.2, 0) is 4.84 Å². The molecule has 1 aliphatic heterocycles. The fourth-order valence-electron chi connectivity index (χ4n) is 1.53. The summed E-state index contributed by atoms with van der Waals surface area (Å²) < 4.78 is 0. The summed E-state index contributed by atoms with van der Waals surface area (Å²) in [6.07, 6.45) is 1.92. The fraction of sp³-hybridized carbons (Fsp3) is 0.364. The van der Waals surface area contributed by atoms with Gasteiger partial charge in [-0.2, -0.15) is 0 Å². The van der Waals surface area contributed by atoms with Crippen LogP contribution in [0, 0.1) is 0 Å². The Morgan fingerprint density at radius 3 is 2.88 bits per heavy atom. The number of nitrogens with one attached hydrogen (secondary N) is 1. The molecule has 17 heavy (non-hydrogen) atoms. The summed E-state index contributed by atoms with van der Waals surface area (Å²) in [7, 11) is 0. The van der Waals surface area contributed by atoms with Gasteiger partial charge in [0.05, 0.1) is 23.9 Å². The van der Waals surface area contributed by atoms with E-state index in [0.717, 1.165) is 12.8 Å². The summed E-state index contributed by atoms with van der Waals surface area (Å²) in [4.78, 5) is 17.0. The van der Waals surface area contributed by atoms with Gasteiger partial charge in [-0.3, -0.25) is 4.84 Å². The van der Waals surface area contributed by atoms with E-state index in [1.165, 1.54) is 5.06 Å². The smallest absolute Gasteiger partial charge is 0.305 e. The molecule has 1 aromatic rings. The molecule has 1 aromatic carbocycles. The van der Waals surface area contributed by atoms with Crippen LogP contribution in [0.2, 0.25) is 10.0 Å². The number of amides is 2. The van der Waals surface area contributed by atoms with Crippen molar-refractivity contribution in [3.63, 3.8) is 0 Å². The van der Waals surface area contributed by atoms with Gasteiger partial charge >= 0.3 is 6.03 Å². The van der Waals surface area contributed by atoms with Crippen molar-refractivity contribution in [1.29, 1.82) is 0 Å². The maximum atomic E-state index is 11.8. The molecule has 2 amide bonds. The first-order valence-electron chi connectivity index (χ1n) is 5.33. The van der Waals surface area contributed by atoms with E-state index in [1.54, 1.807) is 18.2 Å². The number of rotatable bonds is 1. The van der Waals surface area contributed by atoms with E-state index >= 15 is 0 Å². The van der Waals surface area contributed by atoms with Crippen molar-refractivity contribution < 1.29 is 9.63 Å². The Morgan fingerprint density at radius 1 is 1.35 bits per heavy atom. The second kappa shape index (κ2) is 5.58. The maximum absolute atomic E-state index is 11.8. The SMILES string of the molecule is O=C(Nc1cc(Cl)ccc1Cl)N1CCCCO1. The number of halogens is 2. The number of carbonyl (C=O) groups excluding carboxylic acids is 1. The molecule has 0 atom stereocenters. The molecule has 0 spiro atoms. The number of carbonyl (C=O) groups is 1. The van der Waals surface area contributed by atoms with Crippen LogP contribution in [0.5, 0.6) is 0 Å². The lowest BCUT2D eigenvalue weighted by molar-refractivity contribution is -0.135. The molecule has 6 heteroatoms. The molecule has 0 bridgehead atoms. The monoisotopic (exact) mass is 274 g/mol. The van der Waals surface area contributed by atoms with Gasteiger partial charge in [-0.15, -0.1) is 0 Å². The average molecular weight is 275 g/mol. The van der Waals surface area contributed by atoms with E-state index in [0.29, 0.717) is 28.9 Å². The minimum atomic E-state index is -0.325. The Hall–Kier alpha value is -0.970. The lowest BCUT2D eigenvalue weighted by atomic mass is 10.3. The van der Waals surface area contributed by atoms with Gasteiger partial charge < -0.3 is 5.32 Å². The summed E-state index contributed by atoms with van der Waals surface area (Å²) in [6, 6.07) is 4.58. The van der Waals surface area contributed by atoms with E-state index in [4.69, 9.17) is 28.0 Å². The number of hydrogen-bond donors (Lipinski definition) is 1. The van der Waals surface area contributed by atoms with E-state index in [-0.39, 0.29) is 6.03 Å². The minimum Gasteiger partial charge on any atom is -0.305 e. The average Bonchev–Trinajstić information content (AvgIpc) is 2.35. The molecule has 1 N–H and O–H groups in total. The van der Waals surface area contributed by atoms with Crippen molar-refractivity contribution >= 4 is 34.9 Å². The van der Waals surface area contributed by atoms with Crippen molar-refractivity contribution in [3.8, 4) is 0 Å². The third kappa shape index (κ3) is 3.25. The summed E-state index contributed by atoms with van der Waals surface area (Å²) >= 11 is 11.8.